The van der Waals surface area contributed by atoms with Crippen LogP contribution in [0.3, 0.4) is 0 Å². The summed E-state index contributed by atoms with van der Waals surface area (Å²) in [4.78, 5) is 8.58. The van der Waals surface area contributed by atoms with Crippen molar-refractivity contribution < 1.29 is 18.9 Å². The van der Waals surface area contributed by atoms with Crippen molar-refractivity contribution in [3.05, 3.63) is 125 Å². The predicted molar refractivity (Wildman–Crippen MR) is 157 cm³/mol. The predicted octanol–water partition coefficient (Wildman–Crippen LogP) is 5.95. The third-order valence-electron chi connectivity index (χ3n) is 7.07. The fraction of sp³-hybridized carbons (Fsp3) is 0.250. The highest BCUT2D eigenvalue weighted by molar-refractivity contribution is 6.34. The van der Waals surface area contributed by atoms with Crippen molar-refractivity contribution >= 4 is 28.6 Å². The van der Waals surface area contributed by atoms with E-state index in [2.05, 4.69) is 9.97 Å². The summed E-state index contributed by atoms with van der Waals surface area (Å²) in [6, 6.07) is 32.0. The molecule has 5 aromatic rings. The molecule has 0 unspecified atom stereocenters. The van der Waals surface area contributed by atoms with Crippen molar-refractivity contribution in [3.63, 3.8) is 0 Å². The first-order chi connectivity index (χ1) is 20.2. The van der Waals surface area contributed by atoms with Crippen LogP contribution in [0.1, 0.15) is 22.9 Å². The maximum atomic E-state index is 6.68. The van der Waals surface area contributed by atoms with E-state index < -0.39 is 24.5 Å². The van der Waals surface area contributed by atoms with E-state index in [1.54, 1.807) is 0 Å². The number of hydrogen-bond acceptors (Lipinski definition) is 7. The SMILES string of the molecule is Nc1nc(Cl)c2ccn([C@@H]3O[C@H](COCc4ccccc4)[C@@H](OCc4ccccc4)[C@@H]3OCc3ccccc3)c2n1. The van der Waals surface area contributed by atoms with Crippen LogP contribution in [0, 0.1) is 0 Å². The molecule has 41 heavy (non-hydrogen) atoms. The lowest BCUT2D eigenvalue weighted by Crippen LogP contribution is -2.38. The number of nitrogens with zero attached hydrogens (tertiary/aromatic N) is 3. The normalized spacial score (nSPS) is 20.5. The van der Waals surface area contributed by atoms with Gasteiger partial charge in [0.15, 0.2) is 6.23 Å². The van der Waals surface area contributed by atoms with Crippen molar-refractivity contribution in [2.45, 2.75) is 44.4 Å². The number of benzene rings is 3. The van der Waals surface area contributed by atoms with E-state index in [1.165, 1.54) is 0 Å². The zero-order chi connectivity index (χ0) is 28.0. The summed E-state index contributed by atoms with van der Waals surface area (Å²) >= 11 is 6.40. The Morgan fingerprint density at radius 3 is 1.90 bits per heavy atom. The molecule has 3 heterocycles. The standard InChI is InChI=1S/C32H31ClN4O4/c33-29-25-16-17-37(30(25)36-32(34)35-29)31-28(40-20-24-14-8-3-9-15-24)27(39-19-23-12-6-2-7-13-23)26(41-31)21-38-18-22-10-4-1-5-11-22/h1-17,26-28,31H,18-21H2,(H2,34,35,36)/t26-,27-,28+,31-/m1/s1. The van der Waals surface area contributed by atoms with E-state index in [-0.39, 0.29) is 11.1 Å². The summed E-state index contributed by atoms with van der Waals surface area (Å²) in [6.45, 7) is 1.55. The topological polar surface area (TPSA) is 93.7 Å². The Bertz CT molecular complexity index is 1550. The molecule has 0 aliphatic carbocycles. The Balaban J connectivity index is 1.31. The van der Waals surface area contributed by atoms with E-state index in [0.29, 0.717) is 37.5 Å². The van der Waals surface area contributed by atoms with Crippen LogP contribution in [0.5, 0.6) is 0 Å². The molecule has 0 spiro atoms. The number of nitrogen functional groups attached to an aromatic ring is 1. The zero-order valence-electron chi connectivity index (χ0n) is 22.4. The molecule has 0 bridgehead atoms. The van der Waals surface area contributed by atoms with Crippen molar-refractivity contribution in [2.24, 2.45) is 0 Å². The largest absolute Gasteiger partial charge is 0.374 e. The van der Waals surface area contributed by atoms with E-state index in [0.717, 1.165) is 16.7 Å². The molecule has 1 fully saturated rings. The van der Waals surface area contributed by atoms with Gasteiger partial charge in [0, 0.05) is 6.20 Å². The molecule has 1 aliphatic rings. The first-order valence-corrected chi connectivity index (χ1v) is 13.9. The van der Waals surface area contributed by atoms with Crippen molar-refractivity contribution in [3.8, 4) is 0 Å². The molecule has 3 aromatic carbocycles. The van der Waals surface area contributed by atoms with Crippen LogP contribution < -0.4 is 5.73 Å². The molecule has 0 radical (unpaired) electrons. The molecule has 1 aliphatic heterocycles. The zero-order valence-corrected chi connectivity index (χ0v) is 23.1. The molecular formula is C32H31ClN4O4. The summed E-state index contributed by atoms with van der Waals surface area (Å²) in [5.74, 6) is 0.0850. The molecule has 210 valence electrons. The van der Waals surface area contributed by atoms with Gasteiger partial charge in [0.2, 0.25) is 5.95 Å². The van der Waals surface area contributed by atoms with Crippen molar-refractivity contribution in [2.75, 3.05) is 12.3 Å². The van der Waals surface area contributed by atoms with Crippen LogP contribution >= 0.6 is 11.6 Å². The summed E-state index contributed by atoms with van der Waals surface area (Å²) in [6.07, 6.45) is -0.0510. The maximum Gasteiger partial charge on any atom is 0.223 e. The number of fused-ring (bicyclic) bond motifs is 1. The Morgan fingerprint density at radius 2 is 1.29 bits per heavy atom. The number of halogens is 1. The first kappa shape index (κ1) is 27.4. The Labute approximate surface area is 243 Å². The van der Waals surface area contributed by atoms with Gasteiger partial charge in [-0.1, -0.05) is 103 Å². The third kappa shape index (κ3) is 6.43. The Morgan fingerprint density at radius 1 is 0.732 bits per heavy atom. The number of ether oxygens (including phenoxy) is 4. The summed E-state index contributed by atoms with van der Waals surface area (Å²) in [7, 11) is 0. The van der Waals surface area contributed by atoms with Gasteiger partial charge < -0.3 is 29.2 Å². The second kappa shape index (κ2) is 12.8. The molecule has 0 amide bonds. The Hall–Kier alpha value is -3.79. The lowest BCUT2D eigenvalue weighted by molar-refractivity contribution is -0.0913. The van der Waals surface area contributed by atoms with Gasteiger partial charge in [0.25, 0.3) is 0 Å². The molecule has 4 atom stereocenters. The smallest absolute Gasteiger partial charge is 0.223 e. The van der Waals surface area contributed by atoms with Crippen LogP contribution in [-0.4, -0.2) is 39.5 Å². The molecule has 9 heteroatoms. The second-order valence-corrected chi connectivity index (χ2v) is 10.3. The number of aromatic nitrogens is 3. The number of rotatable bonds is 11. The molecule has 6 rings (SSSR count). The van der Waals surface area contributed by atoms with Crippen LogP contribution in [0.15, 0.2) is 103 Å². The van der Waals surface area contributed by atoms with Gasteiger partial charge in [0.05, 0.1) is 31.8 Å². The highest BCUT2D eigenvalue weighted by Gasteiger charge is 2.48. The monoisotopic (exact) mass is 570 g/mol. The molecule has 2 aromatic heterocycles. The molecule has 8 nitrogen and oxygen atoms in total. The Kier molecular flexibility index (Phi) is 8.55. The second-order valence-electron chi connectivity index (χ2n) is 9.92. The summed E-state index contributed by atoms with van der Waals surface area (Å²) in [5.41, 5.74) is 9.72. The van der Waals surface area contributed by atoms with E-state index in [4.69, 9.17) is 36.3 Å². The fourth-order valence-electron chi connectivity index (χ4n) is 5.06. The lowest BCUT2D eigenvalue weighted by atomic mass is 10.1. The highest BCUT2D eigenvalue weighted by Crippen LogP contribution is 2.38. The number of hydrogen-bond donors (Lipinski definition) is 1. The fourth-order valence-corrected chi connectivity index (χ4v) is 5.30. The van der Waals surface area contributed by atoms with E-state index >= 15 is 0 Å². The van der Waals surface area contributed by atoms with E-state index in [1.807, 2.05) is 108 Å². The average molecular weight is 571 g/mol. The molecule has 1 saturated heterocycles. The number of anilines is 1. The van der Waals surface area contributed by atoms with Gasteiger partial charge in [-0.05, 0) is 22.8 Å². The minimum atomic E-state index is -0.576. The lowest BCUT2D eigenvalue weighted by Gasteiger charge is -2.26. The molecular weight excluding hydrogens is 540 g/mol. The number of nitrogens with two attached hydrogens (primary N) is 1. The van der Waals surface area contributed by atoms with Crippen LogP contribution in [-0.2, 0) is 38.8 Å². The highest BCUT2D eigenvalue weighted by atomic mass is 35.5. The summed E-state index contributed by atoms with van der Waals surface area (Å²) in [5, 5.41) is 0.961. The minimum absolute atomic E-state index is 0.0850. The van der Waals surface area contributed by atoms with Gasteiger partial charge in [-0.25, -0.2) is 4.98 Å². The molecule has 2 N–H and O–H groups in total. The van der Waals surface area contributed by atoms with Gasteiger partial charge in [-0.2, -0.15) is 4.98 Å². The van der Waals surface area contributed by atoms with Gasteiger partial charge in [-0.3, -0.25) is 0 Å². The van der Waals surface area contributed by atoms with Crippen LogP contribution in [0.25, 0.3) is 11.0 Å². The van der Waals surface area contributed by atoms with Crippen molar-refractivity contribution in [1.82, 2.24) is 14.5 Å². The van der Waals surface area contributed by atoms with E-state index in [9.17, 15) is 0 Å². The average Bonchev–Trinajstić information content (AvgIpc) is 3.57. The van der Waals surface area contributed by atoms with Gasteiger partial charge in [0.1, 0.15) is 29.1 Å². The van der Waals surface area contributed by atoms with Gasteiger partial charge in [-0.15, -0.1) is 0 Å². The summed E-state index contributed by atoms with van der Waals surface area (Å²) < 4.78 is 27.9. The first-order valence-electron chi connectivity index (χ1n) is 13.5. The minimum Gasteiger partial charge on any atom is -0.374 e. The quantitative estimate of drug-likeness (QED) is 0.196. The van der Waals surface area contributed by atoms with Crippen molar-refractivity contribution in [1.29, 1.82) is 0 Å². The molecule has 0 saturated carbocycles. The van der Waals surface area contributed by atoms with Crippen LogP contribution in [0.2, 0.25) is 5.15 Å². The third-order valence-corrected chi connectivity index (χ3v) is 7.35. The van der Waals surface area contributed by atoms with Crippen LogP contribution in [0.4, 0.5) is 5.95 Å². The maximum absolute atomic E-state index is 6.68. The van der Waals surface area contributed by atoms with Gasteiger partial charge >= 0.3 is 0 Å².